The number of carbonyl (C=O) groups excluding carboxylic acids is 2. The van der Waals surface area contributed by atoms with Gasteiger partial charge < -0.3 is 29.9 Å². The summed E-state index contributed by atoms with van der Waals surface area (Å²) in [7, 11) is 0. The molecular weight excluding hydrogens is 608 g/mol. The average Bonchev–Trinajstić information content (AvgIpc) is 3.34. The van der Waals surface area contributed by atoms with Crippen LogP contribution in [0, 0.1) is 17.5 Å². The average molecular weight is 638 g/mol. The van der Waals surface area contributed by atoms with E-state index >= 15 is 8.78 Å². The number of carboxylic acids is 1. The van der Waals surface area contributed by atoms with E-state index in [2.05, 4.69) is 0 Å². The Morgan fingerprint density at radius 3 is 2.24 bits per heavy atom. The lowest BCUT2D eigenvalue weighted by Gasteiger charge is -2.38. The van der Waals surface area contributed by atoms with E-state index in [1.807, 2.05) is 0 Å². The molecule has 241 valence electrons. The highest BCUT2D eigenvalue weighted by Crippen LogP contribution is 2.33. The van der Waals surface area contributed by atoms with Gasteiger partial charge in [0.15, 0.2) is 5.82 Å². The van der Waals surface area contributed by atoms with E-state index in [1.165, 1.54) is 39.5 Å². The molecule has 2 fully saturated rings. The predicted octanol–water partition coefficient (Wildman–Crippen LogP) is 2.63. The number of amides is 1. The molecule has 3 heterocycles. The number of aromatic carboxylic acids is 1. The first-order chi connectivity index (χ1) is 19.9. The highest BCUT2D eigenvalue weighted by Gasteiger charge is 2.38. The van der Waals surface area contributed by atoms with E-state index in [4.69, 9.17) is 10.5 Å². The number of halogens is 5. The van der Waals surface area contributed by atoms with Crippen molar-refractivity contribution in [1.29, 1.82) is 0 Å². The number of hydrogen-bond donors (Lipinski definition) is 2. The van der Waals surface area contributed by atoms with Crippen LogP contribution in [0.15, 0.2) is 35.3 Å². The van der Waals surface area contributed by atoms with Crippen LogP contribution in [0.2, 0.25) is 0 Å². The number of piperazine rings is 1. The molecule has 1 aromatic heterocycles. The standard InChI is InChI=1S/C28H28F3N5O6.B.2FH/c1-3-33-12-17(27(39)40)26(38)16-11-19(30)25(22(31)24(16)33)35-8-6-34(7-9-35)20-10-15(4-5-18(20)29)36-13-21(42-28(36)41)23(32)14(2)37;;;/h4-5,10-12,21,23H,3,6-9,13,32H2,1-2H3,(H,39,40);;2*1H/t21?,23-;;;/m1.../s1. The monoisotopic (exact) mass is 638 g/mol. The number of anilines is 3. The van der Waals surface area contributed by atoms with Gasteiger partial charge in [-0.1, -0.05) is 0 Å². The van der Waals surface area contributed by atoms with E-state index in [1.54, 1.807) is 11.8 Å². The maximum atomic E-state index is 15.8. The molecule has 45 heavy (non-hydrogen) atoms. The Balaban J connectivity index is 0.00000235. The molecular formula is C28H30BF5N5O6. The lowest BCUT2D eigenvalue weighted by atomic mass is 10.1. The van der Waals surface area contributed by atoms with E-state index in [9.17, 15) is 28.7 Å². The van der Waals surface area contributed by atoms with Gasteiger partial charge in [0, 0.05) is 53.0 Å². The van der Waals surface area contributed by atoms with Crippen molar-refractivity contribution in [3.63, 3.8) is 0 Å². The lowest BCUT2D eigenvalue weighted by Crippen LogP contribution is -2.47. The number of ketones is 1. The topological polar surface area (TPSA) is 138 Å². The summed E-state index contributed by atoms with van der Waals surface area (Å²) < 4.78 is 52.5. The largest absolute Gasteiger partial charge is 0.477 e. The second kappa shape index (κ2) is 14.0. The minimum atomic E-state index is -1.50. The van der Waals surface area contributed by atoms with E-state index in [0.717, 1.165) is 12.3 Å². The molecule has 11 nitrogen and oxygen atoms in total. The number of cyclic esters (lactones) is 1. The summed E-state index contributed by atoms with van der Waals surface area (Å²) in [6.07, 6.45) is -0.529. The zero-order valence-corrected chi connectivity index (χ0v) is 24.2. The van der Waals surface area contributed by atoms with Crippen molar-refractivity contribution in [1.82, 2.24) is 4.57 Å². The first kappa shape index (κ1) is 36.5. The summed E-state index contributed by atoms with van der Waals surface area (Å²) in [4.78, 5) is 52.6. The molecule has 5 rings (SSSR count). The molecule has 0 bridgehead atoms. The third-order valence-electron chi connectivity index (χ3n) is 7.68. The van der Waals surface area contributed by atoms with Crippen LogP contribution in [-0.4, -0.2) is 80.8 Å². The number of fused-ring (bicyclic) bond motifs is 1. The summed E-state index contributed by atoms with van der Waals surface area (Å²) in [6, 6.07) is 3.92. The number of nitrogens with zero attached hydrogens (tertiary/aromatic N) is 4. The van der Waals surface area contributed by atoms with Crippen LogP contribution in [0.4, 0.5) is 44.4 Å². The Kier molecular flexibility index (Phi) is 11.3. The molecule has 0 saturated carbocycles. The molecule has 3 radical (unpaired) electrons. The second-order valence-electron chi connectivity index (χ2n) is 10.2. The highest BCUT2D eigenvalue weighted by molar-refractivity contribution is 5.94. The van der Waals surface area contributed by atoms with Crippen molar-refractivity contribution in [2.45, 2.75) is 32.5 Å². The highest BCUT2D eigenvalue weighted by atomic mass is 19.1. The maximum Gasteiger partial charge on any atom is 0.414 e. The number of aromatic nitrogens is 1. The zero-order chi connectivity index (χ0) is 30.5. The quantitative estimate of drug-likeness (QED) is 0.296. The van der Waals surface area contributed by atoms with Gasteiger partial charge >= 0.3 is 12.1 Å². The van der Waals surface area contributed by atoms with E-state index < -0.39 is 52.7 Å². The molecule has 2 aromatic carbocycles. The van der Waals surface area contributed by atoms with Gasteiger partial charge in [-0.15, -0.1) is 0 Å². The normalized spacial score (nSPS) is 16.8. The Morgan fingerprint density at radius 2 is 1.67 bits per heavy atom. The fraction of sp³-hybridized carbons (Fsp3) is 0.357. The Labute approximate surface area is 255 Å². The molecule has 2 saturated heterocycles. The van der Waals surface area contributed by atoms with Crippen molar-refractivity contribution < 1.29 is 46.8 Å². The molecule has 1 amide bonds. The number of benzene rings is 2. The number of pyridine rings is 1. The van der Waals surface area contributed by atoms with Crippen molar-refractivity contribution in [2.75, 3.05) is 47.4 Å². The van der Waals surface area contributed by atoms with Crippen LogP contribution in [0.5, 0.6) is 0 Å². The van der Waals surface area contributed by atoms with Crippen molar-refractivity contribution in [3.8, 4) is 0 Å². The number of aryl methyl sites for hydroxylation is 1. The summed E-state index contributed by atoms with van der Waals surface area (Å²) >= 11 is 0. The van der Waals surface area contributed by atoms with Gasteiger partial charge in [0.05, 0.1) is 23.1 Å². The fourth-order valence-corrected chi connectivity index (χ4v) is 5.39. The predicted molar refractivity (Wildman–Crippen MR) is 159 cm³/mol. The van der Waals surface area contributed by atoms with Gasteiger partial charge in [0.25, 0.3) is 0 Å². The van der Waals surface area contributed by atoms with Crippen LogP contribution in [0.3, 0.4) is 0 Å². The van der Waals surface area contributed by atoms with Crippen LogP contribution in [0.1, 0.15) is 24.2 Å². The molecule has 2 aliphatic heterocycles. The smallest absolute Gasteiger partial charge is 0.414 e. The third-order valence-corrected chi connectivity index (χ3v) is 7.68. The summed E-state index contributed by atoms with van der Waals surface area (Å²) in [6.45, 7) is 3.59. The molecule has 2 aliphatic rings. The number of hydrogen-bond acceptors (Lipinski definition) is 8. The van der Waals surface area contributed by atoms with E-state index in [-0.39, 0.29) is 85.2 Å². The number of ether oxygens (including phenoxy) is 1. The fourth-order valence-electron chi connectivity index (χ4n) is 5.39. The van der Waals surface area contributed by atoms with Crippen molar-refractivity contribution >= 4 is 54.2 Å². The summed E-state index contributed by atoms with van der Waals surface area (Å²) in [5.41, 5.74) is 4.19. The minimum Gasteiger partial charge on any atom is -0.477 e. The summed E-state index contributed by atoms with van der Waals surface area (Å²) in [5.74, 6) is -4.42. The first-order valence-corrected chi connectivity index (χ1v) is 13.2. The van der Waals surface area contributed by atoms with Crippen LogP contribution < -0.4 is 25.9 Å². The van der Waals surface area contributed by atoms with Crippen LogP contribution in [-0.2, 0) is 16.1 Å². The van der Waals surface area contributed by atoms with Gasteiger partial charge in [0.1, 0.15) is 40.8 Å². The molecule has 3 N–H and O–H groups in total. The Hall–Kier alpha value is -4.67. The van der Waals surface area contributed by atoms with Crippen LogP contribution >= 0.6 is 0 Å². The molecule has 3 aromatic rings. The zero-order valence-electron chi connectivity index (χ0n) is 24.2. The maximum absolute atomic E-state index is 15.8. The van der Waals surface area contributed by atoms with Gasteiger partial charge in [-0.3, -0.25) is 23.9 Å². The molecule has 0 spiro atoms. The third kappa shape index (κ3) is 6.43. The number of carboxylic acid groups (broad SMARTS) is 1. The second-order valence-corrected chi connectivity index (χ2v) is 10.2. The minimum absolute atomic E-state index is 0. The SMILES string of the molecule is CCn1cc(C(=O)O)c(=O)c2cc(F)c(N3CCN(c4cc(N5CC([C@H](N)C(C)=O)OC5=O)ccc4F)CC3)c(F)c21.F.F.[B]. The number of rotatable bonds is 7. The van der Waals surface area contributed by atoms with Crippen molar-refractivity contribution in [2.24, 2.45) is 5.73 Å². The van der Waals surface area contributed by atoms with Gasteiger partial charge in [-0.05, 0) is 38.1 Å². The Morgan fingerprint density at radius 1 is 1.04 bits per heavy atom. The lowest BCUT2D eigenvalue weighted by molar-refractivity contribution is -0.120. The Bertz CT molecular complexity index is 1680. The van der Waals surface area contributed by atoms with Gasteiger partial charge in [0.2, 0.25) is 5.43 Å². The number of nitrogens with two attached hydrogens (primary N) is 1. The van der Waals surface area contributed by atoms with Crippen molar-refractivity contribution in [3.05, 3.63) is 63.7 Å². The summed E-state index contributed by atoms with van der Waals surface area (Å²) in [5, 5.41) is 8.97. The van der Waals surface area contributed by atoms with Gasteiger partial charge in [-0.25, -0.2) is 22.8 Å². The molecule has 2 atom stereocenters. The van der Waals surface area contributed by atoms with Crippen LogP contribution in [0.25, 0.3) is 10.9 Å². The molecule has 17 heteroatoms. The number of carbonyl (C=O) groups is 3. The first-order valence-electron chi connectivity index (χ1n) is 13.2. The number of Topliss-reactive ketones (excluding diaryl/α,β-unsaturated/α-hetero) is 1. The van der Waals surface area contributed by atoms with E-state index in [0.29, 0.717) is 5.69 Å². The molecule has 1 unspecified atom stereocenters. The van der Waals surface area contributed by atoms with Gasteiger partial charge in [-0.2, -0.15) is 0 Å². The molecule has 0 aliphatic carbocycles.